The summed E-state index contributed by atoms with van der Waals surface area (Å²) < 4.78 is 5.78. The zero-order valence-electron chi connectivity index (χ0n) is 19.1. The van der Waals surface area contributed by atoms with Crippen molar-refractivity contribution in [1.29, 1.82) is 0 Å². The first-order valence-corrected chi connectivity index (χ1v) is 11.1. The normalized spacial score (nSPS) is 11.7. The lowest BCUT2D eigenvalue weighted by Crippen LogP contribution is -2.49. The van der Waals surface area contributed by atoms with Gasteiger partial charge in [-0.05, 0) is 68.5 Å². The number of nitrogens with one attached hydrogen (secondary N) is 1. The Hall–Kier alpha value is -2.53. The van der Waals surface area contributed by atoms with Crippen molar-refractivity contribution in [2.45, 2.75) is 60.0 Å². The van der Waals surface area contributed by atoms with Gasteiger partial charge in [0.15, 0.2) is 6.61 Å². The van der Waals surface area contributed by atoms with E-state index in [0.29, 0.717) is 23.9 Å². The molecule has 0 unspecified atom stereocenters. The van der Waals surface area contributed by atoms with Gasteiger partial charge in [0.05, 0.1) is 0 Å². The zero-order chi connectivity index (χ0) is 23.0. The average Bonchev–Trinajstić information content (AvgIpc) is 2.74. The number of halogens is 1. The van der Waals surface area contributed by atoms with Gasteiger partial charge in [-0.25, -0.2) is 0 Å². The van der Waals surface area contributed by atoms with Crippen LogP contribution in [0.4, 0.5) is 0 Å². The molecule has 0 saturated carbocycles. The molecule has 2 rings (SSSR count). The van der Waals surface area contributed by atoms with Crippen molar-refractivity contribution in [3.05, 3.63) is 63.7 Å². The smallest absolute Gasteiger partial charge is 0.261 e. The fourth-order valence-electron chi connectivity index (χ4n) is 3.31. The van der Waals surface area contributed by atoms with Crippen LogP contribution in [0.25, 0.3) is 0 Å². The third-order valence-electron chi connectivity index (χ3n) is 5.37. The molecule has 0 heterocycles. The predicted octanol–water partition coefficient (Wildman–Crippen LogP) is 4.98. The standard InChI is InChI=1S/C25H33ClN2O3/c1-6-7-12-27-25(30)20(5)28(15-21-11-9-8-10-17(21)2)23(29)16-31-22-13-18(3)24(26)19(4)14-22/h8-11,13-14,20H,6-7,12,15-16H2,1-5H3,(H,27,30)/t20-/m0/s1. The minimum atomic E-state index is -0.610. The summed E-state index contributed by atoms with van der Waals surface area (Å²) in [5.41, 5.74) is 3.86. The van der Waals surface area contributed by atoms with Crippen molar-refractivity contribution < 1.29 is 14.3 Å². The Morgan fingerprint density at radius 1 is 1.10 bits per heavy atom. The Morgan fingerprint density at radius 3 is 2.35 bits per heavy atom. The highest BCUT2D eigenvalue weighted by Crippen LogP contribution is 2.26. The van der Waals surface area contributed by atoms with E-state index in [4.69, 9.17) is 16.3 Å². The summed E-state index contributed by atoms with van der Waals surface area (Å²) in [5.74, 6) is 0.184. The van der Waals surface area contributed by atoms with Crippen molar-refractivity contribution in [2.75, 3.05) is 13.2 Å². The van der Waals surface area contributed by atoms with Crippen LogP contribution in [0.2, 0.25) is 5.02 Å². The van der Waals surface area contributed by atoms with Gasteiger partial charge >= 0.3 is 0 Å². The zero-order valence-corrected chi connectivity index (χ0v) is 19.9. The van der Waals surface area contributed by atoms with E-state index in [1.165, 1.54) is 0 Å². The van der Waals surface area contributed by atoms with Crippen LogP contribution in [0, 0.1) is 20.8 Å². The number of hydrogen-bond donors (Lipinski definition) is 1. The van der Waals surface area contributed by atoms with E-state index in [1.54, 1.807) is 11.8 Å². The highest BCUT2D eigenvalue weighted by molar-refractivity contribution is 6.32. The molecule has 0 saturated heterocycles. The molecule has 0 aliphatic carbocycles. The summed E-state index contributed by atoms with van der Waals surface area (Å²) in [6.45, 7) is 10.4. The highest BCUT2D eigenvalue weighted by Gasteiger charge is 2.26. The van der Waals surface area contributed by atoms with Gasteiger partial charge in [-0.1, -0.05) is 49.2 Å². The summed E-state index contributed by atoms with van der Waals surface area (Å²) in [4.78, 5) is 27.4. The highest BCUT2D eigenvalue weighted by atomic mass is 35.5. The Labute approximate surface area is 190 Å². The summed E-state index contributed by atoms with van der Waals surface area (Å²) in [5, 5.41) is 3.62. The molecular weight excluding hydrogens is 412 g/mol. The van der Waals surface area contributed by atoms with E-state index in [0.717, 1.165) is 35.1 Å². The Morgan fingerprint density at radius 2 is 1.74 bits per heavy atom. The Bertz CT molecular complexity index is 890. The second-order valence-corrected chi connectivity index (χ2v) is 8.31. The maximum absolute atomic E-state index is 13.1. The number of unbranched alkanes of at least 4 members (excludes halogenated alkanes) is 1. The van der Waals surface area contributed by atoms with E-state index >= 15 is 0 Å². The predicted molar refractivity (Wildman–Crippen MR) is 126 cm³/mol. The van der Waals surface area contributed by atoms with E-state index in [9.17, 15) is 9.59 Å². The van der Waals surface area contributed by atoms with Gasteiger partial charge in [0.25, 0.3) is 5.91 Å². The molecule has 2 aromatic rings. The number of aryl methyl sites for hydroxylation is 3. The minimum Gasteiger partial charge on any atom is -0.484 e. The third kappa shape index (κ3) is 7.00. The quantitative estimate of drug-likeness (QED) is 0.526. The molecule has 0 fully saturated rings. The molecule has 168 valence electrons. The molecule has 31 heavy (non-hydrogen) atoms. The summed E-state index contributed by atoms with van der Waals surface area (Å²) in [6.07, 6.45) is 1.90. The molecule has 0 aliphatic heterocycles. The van der Waals surface area contributed by atoms with Gasteiger partial charge in [-0.2, -0.15) is 0 Å². The lowest BCUT2D eigenvalue weighted by molar-refractivity contribution is -0.142. The molecule has 1 N–H and O–H groups in total. The topological polar surface area (TPSA) is 58.6 Å². The minimum absolute atomic E-state index is 0.154. The molecule has 0 aromatic heterocycles. The van der Waals surface area contributed by atoms with Crippen molar-refractivity contribution in [1.82, 2.24) is 10.2 Å². The van der Waals surface area contributed by atoms with Crippen molar-refractivity contribution >= 4 is 23.4 Å². The third-order valence-corrected chi connectivity index (χ3v) is 5.97. The molecule has 2 aromatic carbocycles. The van der Waals surface area contributed by atoms with Crippen molar-refractivity contribution in [3.63, 3.8) is 0 Å². The molecule has 2 amide bonds. The molecule has 0 radical (unpaired) electrons. The number of amides is 2. The van der Waals surface area contributed by atoms with Crippen LogP contribution in [-0.4, -0.2) is 35.9 Å². The number of carbonyl (C=O) groups excluding carboxylic acids is 2. The maximum Gasteiger partial charge on any atom is 0.261 e. The van der Waals surface area contributed by atoms with Gasteiger partial charge in [0.1, 0.15) is 11.8 Å². The van der Waals surface area contributed by atoms with E-state index in [-0.39, 0.29) is 18.4 Å². The van der Waals surface area contributed by atoms with Gasteiger partial charge in [-0.3, -0.25) is 9.59 Å². The van der Waals surface area contributed by atoms with Gasteiger partial charge in [0.2, 0.25) is 5.91 Å². The Kier molecular flexibility index (Phi) is 9.38. The first kappa shape index (κ1) is 24.7. The molecular formula is C25H33ClN2O3. The number of nitrogens with zero attached hydrogens (tertiary/aromatic N) is 1. The fourth-order valence-corrected chi connectivity index (χ4v) is 3.42. The van der Waals surface area contributed by atoms with Gasteiger partial charge in [0, 0.05) is 18.1 Å². The summed E-state index contributed by atoms with van der Waals surface area (Å²) in [7, 11) is 0. The van der Waals surface area contributed by atoms with Crippen molar-refractivity contribution in [2.24, 2.45) is 0 Å². The van der Waals surface area contributed by atoms with Crippen molar-refractivity contribution in [3.8, 4) is 5.75 Å². The summed E-state index contributed by atoms with van der Waals surface area (Å²) >= 11 is 6.22. The lowest BCUT2D eigenvalue weighted by atomic mass is 10.1. The van der Waals surface area contributed by atoms with E-state index in [1.807, 2.05) is 57.2 Å². The summed E-state index contributed by atoms with van der Waals surface area (Å²) in [6, 6.07) is 10.9. The van der Waals surface area contributed by atoms with Crippen LogP contribution in [0.15, 0.2) is 36.4 Å². The number of hydrogen-bond acceptors (Lipinski definition) is 3. The molecule has 0 bridgehead atoms. The van der Waals surface area contributed by atoms with Gasteiger partial charge < -0.3 is 15.0 Å². The number of rotatable bonds is 10. The average molecular weight is 445 g/mol. The van der Waals surface area contributed by atoms with Crippen LogP contribution in [-0.2, 0) is 16.1 Å². The van der Waals surface area contributed by atoms with Crippen LogP contribution in [0.3, 0.4) is 0 Å². The second kappa shape index (κ2) is 11.8. The Balaban J connectivity index is 2.17. The second-order valence-electron chi connectivity index (χ2n) is 7.93. The van der Waals surface area contributed by atoms with Crippen LogP contribution in [0.5, 0.6) is 5.75 Å². The first-order chi connectivity index (χ1) is 14.7. The number of ether oxygens (including phenoxy) is 1. The number of carbonyl (C=O) groups is 2. The van der Waals surface area contributed by atoms with Gasteiger partial charge in [-0.15, -0.1) is 0 Å². The van der Waals surface area contributed by atoms with Crippen LogP contribution >= 0.6 is 11.6 Å². The molecule has 0 aliphatic rings. The molecule has 6 heteroatoms. The SMILES string of the molecule is CCCCNC(=O)[C@H](C)N(Cc1ccccc1C)C(=O)COc1cc(C)c(Cl)c(C)c1. The van der Waals surface area contributed by atoms with Crippen LogP contribution < -0.4 is 10.1 Å². The molecule has 0 spiro atoms. The van der Waals surface area contributed by atoms with Crippen LogP contribution in [0.1, 0.15) is 48.9 Å². The molecule has 5 nitrogen and oxygen atoms in total. The lowest BCUT2D eigenvalue weighted by Gasteiger charge is -2.29. The monoisotopic (exact) mass is 444 g/mol. The maximum atomic E-state index is 13.1. The molecule has 1 atom stereocenters. The van der Waals surface area contributed by atoms with E-state index in [2.05, 4.69) is 12.2 Å². The first-order valence-electron chi connectivity index (χ1n) is 10.8. The number of benzene rings is 2. The van der Waals surface area contributed by atoms with E-state index < -0.39 is 6.04 Å². The largest absolute Gasteiger partial charge is 0.484 e. The fraction of sp³-hybridized carbons (Fsp3) is 0.440.